The standard InChI is InChI=1S/C19H24N4O3S/c1-3-26-12-16(24)23-10-8-14(9-11-23)17(25)20-19-22-21-18(27-19)15-6-4-13(2)5-7-15/h4-7,14H,3,8-12H2,1-2H3,(H,20,22,25). The number of aromatic nitrogens is 2. The lowest BCUT2D eigenvalue weighted by molar-refractivity contribution is -0.138. The van der Waals surface area contributed by atoms with E-state index in [4.69, 9.17) is 4.74 Å². The van der Waals surface area contributed by atoms with E-state index in [2.05, 4.69) is 15.5 Å². The highest BCUT2D eigenvalue weighted by Crippen LogP contribution is 2.27. The number of nitrogens with one attached hydrogen (secondary N) is 1. The summed E-state index contributed by atoms with van der Waals surface area (Å²) in [5.41, 5.74) is 2.17. The first kappa shape index (κ1) is 19.4. The van der Waals surface area contributed by atoms with Gasteiger partial charge in [0, 0.05) is 31.2 Å². The Balaban J connectivity index is 1.51. The monoisotopic (exact) mass is 388 g/mol. The number of ether oxygens (including phenoxy) is 1. The SMILES string of the molecule is CCOCC(=O)N1CCC(C(=O)Nc2nnc(-c3ccc(C)cc3)s2)CC1. The zero-order valence-corrected chi connectivity index (χ0v) is 16.4. The Morgan fingerprint density at radius 3 is 2.59 bits per heavy atom. The fourth-order valence-electron chi connectivity index (χ4n) is 2.97. The topological polar surface area (TPSA) is 84.4 Å². The summed E-state index contributed by atoms with van der Waals surface area (Å²) >= 11 is 1.36. The molecule has 2 heterocycles. The van der Waals surface area contributed by atoms with Crippen molar-refractivity contribution in [1.82, 2.24) is 15.1 Å². The lowest BCUT2D eigenvalue weighted by Gasteiger charge is -2.31. The molecule has 8 heteroatoms. The van der Waals surface area contributed by atoms with Crippen molar-refractivity contribution >= 4 is 28.3 Å². The summed E-state index contributed by atoms with van der Waals surface area (Å²) in [7, 11) is 0. The molecule has 0 spiro atoms. The maximum atomic E-state index is 12.5. The van der Waals surface area contributed by atoms with Crippen LogP contribution in [0.15, 0.2) is 24.3 Å². The molecule has 0 bridgehead atoms. The summed E-state index contributed by atoms with van der Waals surface area (Å²) < 4.78 is 5.16. The Morgan fingerprint density at radius 2 is 1.93 bits per heavy atom. The molecule has 0 atom stereocenters. The summed E-state index contributed by atoms with van der Waals surface area (Å²) in [6.45, 7) is 5.69. The molecule has 1 aromatic heterocycles. The van der Waals surface area contributed by atoms with Crippen LogP contribution in [0.5, 0.6) is 0 Å². The number of aryl methyl sites for hydroxylation is 1. The molecule has 7 nitrogen and oxygen atoms in total. The van der Waals surface area contributed by atoms with Crippen molar-refractivity contribution in [1.29, 1.82) is 0 Å². The molecular formula is C19H24N4O3S. The third kappa shape index (κ3) is 5.11. The molecule has 144 valence electrons. The number of hydrogen-bond donors (Lipinski definition) is 1. The van der Waals surface area contributed by atoms with Crippen LogP contribution < -0.4 is 5.32 Å². The van der Waals surface area contributed by atoms with E-state index in [0.717, 1.165) is 10.6 Å². The van der Waals surface area contributed by atoms with Crippen LogP contribution in [0.4, 0.5) is 5.13 Å². The fraction of sp³-hybridized carbons (Fsp3) is 0.474. The normalized spacial score (nSPS) is 15.0. The van der Waals surface area contributed by atoms with E-state index in [1.165, 1.54) is 16.9 Å². The second-order valence-corrected chi connectivity index (χ2v) is 7.54. The molecular weight excluding hydrogens is 364 g/mol. The summed E-state index contributed by atoms with van der Waals surface area (Å²) in [6.07, 6.45) is 1.29. The Kier molecular flexibility index (Phi) is 6.52. The van der Waals surface area contributed by atoms with E-state index >= 15 is 0 Å². The van der Waals surface area contributed by atoms with Gasteiger partial charge in [0.25, 0.3) is 0 Å². The molecule has 1 saturated heterocycles. The van der Waals surface area contributed by atoms with E-state index in [0.29, 0.717) is 37.7 Å². The molecule has 1 aliphatic rings. The number of likely N-dealkylation sites (tertiary alicyclic amines) is 1. The highest BCUT2D eigenvalue weighted by Gasteiger charge is 2.27. The fourth-order valence-corrected chi connectivity index (χ4v) is 3.72. The number of carbonyl (C=O) groups excluding carboxylic acids is 2. The third-order valence-corrected chi connectivity index (χ3v) is 5.49. The highest BCUT2D eigenvalue weighted by molar-refractivity contribution is 7.18. The molecule has 0 aliphatic carbocycles. The van der Waals surface area contributed by atoms with Gasteiger partial charge < -0.3 is 15.0 Å². The number of nitrogens with zero attached hydrogens (tertiary/aromatic N) is 3. The number of piperidine rings is 1. The van der Waals surface area contributed by atoms with E-state index in [9.17, 15) is 9.59 Å². The lowest BCUT2D eigenvalue weighted by atomic mass is 9.96. The van der Waals surface area contributed by atoms with Gasteiger partial charge >= 0.3 is 0 Å². The van der Waals surface area contributed by atoms with Gasteiger partial charge in [-0.2, -0.15) is 0 Å². The van der Waals surface area contributed by atoms with Crippen molar-refractivity contribution in [2.75, 3.05) is 31.6 Å². The molecule has 1 N–H and O–H groups in total. The maximum absolute atomic E-state index is 12.5. The molecule has 0 saturated carbocycles. The minimum Gasteiger partial charge on any atom is -0.372 e. The lowest BCUT2D eigenvalue weighted by Crippen LogP contribution is -2.42. The summed E-state index contributed by atoms with van der Waals surface area (Å²) in [4.78, 5) is 26.2. The highest BCUT2D eigenvalue weighted by atomic mass is 32.1. The van der Waals surface area contributed by atoms with Crippen LogP contribution in [0, 0.1) is 12.8 Å². The van der Waals surface area contributed by atoms with Crippen LogP contribution >= 0.6 is 11.3 Å². The minimum absolute atomic E-state index is 0.0115. The van der Waals surface area contributed by atoms with Crippen LogP contribution in [-0.4, -0.2) is 53.2 Å². The van der Waals surface area contributed by atoms with Crippen molar-refractivity contribution in [2.24, 2.45) is 5.92 Å². The number of amides is 2. The number of carbonyl (C=O) groups is 2. The molecule has 1 fully saturated rings. The zero-order chi connectivity index (χ0) is 19.2. The predicted octanol–water partition coefficient (Wildman–Crippen LogP) is 2.73. The van der Waals surface area contributed by atoms with Gasteiger partial charge in [-0.25, -0.2) is 0 Å². The zero-order valence-electron chi connectivity index (χ0n) is 15.6. The van der Waals surface area contributed by atoms with Gasteiger partial charge in [0.15, 0.2) is 0 Å². The Hall–Kier alpha value is -2.32. The van der Waals surface area contributed by atoms with Gasteiger partial charge in [0.2, 0.25) is 16.9 Å². The van der Waals surface area contributed by atoms with Crippen molar-refractivity contribution in [3.05, 3.63) is 29.8 Å². The van der Waals surface area contributed by atoms with Gasteiger partial charge in [0.1, 0.15) is 11.6 Å². The number of anilines is 1. The molecule has 1 aliphatic heterocycles. The first-order chi connectivity index (χ1) is 13.1. The molecule has 0 radical (unpaired) electrons. The number of benzene rings is 1. The Labute approximate surface area is 162 Å². The largest absolute Gasteiger partial charge is 0.372 e. The minimum atomic E-state index is -0.118. The van der Waals surface area contributed by atoms with Crippen molar-refractivity contribution in [2.45, 2.75) is 26.7 Å². The van der Waals surface area contributed by atoms with Crippen LogP contribution in [0.1, 0.15) is 25.3 Å². The average molecular weight is 388 g/mol. The van der Waals surface area contributed by atoms with Gasteiger partial charge in [-0.15, -0.1) is 10.2 Å². The second-order valence-electron chi connectivity index (χ2n) is 6.56. The van der Waals surface area contributed by atoms with Crippen LogP contribution in [0.2, 0.25) is 0 Å². The van der Waals surface area contributed by atoms with E-state index in [-0.39, 0.29) is 24.3 Å². The van der Waals surface area contributed by atoms with Gasteiger partial charge in [-0.3, -0.25) is 9.59 Å². The number of rotatable bonds is 6. The molecule has 27 heavy (non-hydrogen) atoms. The quantitative estimate of drug-likeness (QED) is 0.822. The third-order valence-electron chi connectivity index (χ3n) is 4.60. The average Bonchev–Trinajstić information content (AvgIpc) is 3.15. The summed E-state index contributed by atoms with van der Waals surface area (Å²) in [6, 6.07) is 8.04. The van der Waals surface area contributed by atoms with Crippen molar-refractivity contribution in [3.63, 3.8) is 0 Å². The van der Waals surface area contributed by atoms with Gasteiger partial charge in [0.05, 0.1) is 0 Å². The van der Waals surface area contributed by atoms with E-state index in [1.807, 2.05) is 38.1 Å². The van der Waals surface area contributed by atoms with E-state index in [1.54, 1.807) is 4.90 Å². The summed E-state index contributed by atoms with van der Waals surface area (Å²) in [5, 5.41) is 12.4. The number of hydrogen-bond acceptors (Lipinski definition) is 6. The van der Waals surface area contributed by atoms with Gasteiger partial charge in [-0.1, -0.05) is 41.2 Å². The second kappa shape index (κ2) is 9.05. The van der Waals surface area contributed by atoms with E-state index < -0.39 is 0 Å². The van der Waals surface area contributed by atoms with Crippen molar-refractivity contribution in [3.8, 4) is 10.6 Å². The van der Waals surface area contributed by atoms with Crippen LogP contribution in [-0.2, 0) is 14.3 Å². The molecule has 0 unspecified atom stereocenters. The summed E-state index contributed by atoms with van der Waals surface area (Å²) in [5.74, 6) is -0.186. The predicted molar refractivity (Wildman–Crippen MR) is 105 cm³/mol. The molecule has 2 aromatic rings. The first-order valence-corrected chi connectivity index (χ1v) is 9.95. The van der Waals surface area contributed by atoms with Gasteiger partial charge in [-0.05, 0) is 26.7 Å². The van der Waals surface area contributed by atoms with Crippen LogP contribution in [0.3, 0.4) is 0 Å². The Bertz CT molecular complexity index is 783. The first-order valence-electron chi connectivity index (χ1n) is 9.13. The smallest absolute Gasteiger partial charge is 0.248 e. The molecule has 2 amide bonds. The maximum Gasteiger partial charge on any atom is 0.248 e. The Morgan fingerprint density at radius 1 is 1.22 bits per heavy atom. The molecule has 1 aromatic carbocycles. The van der Waals surface area contributed by atoms with Crippen LogP contribution in [0.25, 0.3) is 10.6 Å². The molecule has 3 rings (SSSR count). The van der Waals surface area contributed by atoms with Crippen molar-refractivity contribution < 1.29 is 14.3 Å².